The third-order valence-electron chi connectivity index (χ3n) is 1.01. The lowest BCUT2D eigenvalue weighted by atomic mass is 10.4. The fourth-order valence-corrected chi connectivity index (χ4v) is 1.96. The molecule has 10 heavy (non-hydrogen) atoms. The Labute approximate surface area is 68.4 Å². The van der Waals surface area contributed by atoms with Gasteiger partial charge in [-0.3, -0.25) is 0 Å². The third-order valence-corrected chi connectivity index (χ3v) is 2.80. The molecule has 0 saturated carbocycles. The zero-order chi connectivity index (χ0) is 7.23. The summed E-state index contributed by atoms with van der Waals surface area (Å²) in [5.41, 5.74) is 0. The zero-order valence-electron chi connectivity index (χ0n) is 5.78. The summed E-state index contributed by atoms with van der Waals surface area (Å²) in [4.78, 5) is 0. The summed E-state index contributed by atoms with van der Waals surface area (Å²) in [7, 11) is 0. The van der Waals surface area contributed by atoms with Crippen LogP contribution in [0.25, 0.3) is 0 Å². The number of thioether (sulfide) groups is 1. The van der Waals surface area contributed by atoms with E-state index in [4.69, 9.17) is 0 Å². The number of hydrogen-bond donors (Lipinski definition) is 0. The van der Waals surface area contributed by atoms with E-state index in [1.165, 1.54) is 24.4 Å². The molecule has 0 spiro atoms. The number of hydrogen-bond acceptors (Lipinski definition) is 5. The molecule has 0 aliphatic rings. The fourth-order valence-electron chi connectivity index (χ4n) is 0.485. The molecule has 1 rings (SSSR count). The van der Waals surface area contributed by atoms with E-state index in [0.29, 0.717) is 0 Å². The maximum atomic E-state index is 3.81. The second-order valence-corrected chi connectivity index (χ2v) is 3.90. The lowest BCUT2D eigenvalue weighted by Gasteiger charge is -1.90. The number of nitrogens with zero attached hydrogens (tertiary/aromatic N) is 3. The van der Waals surface area contributed by atoms with Gasteiger partial charge in [-0.1, -0.05) is 29.6 Å². The Morgan fingerprint density at radius 1 is 1.60 bits per heavy atom. The van der Waals surface area contributed by atoms with Crippen LogP contribution in [0.15, 0.2) is 4.34 Å². The van der Waals surface area contributed by atoms with Crippen LogP contribution in [0.4, 0.5) is 0 Å². The Morgan fingerprint density at radius 3 is 3.10 bits per heavy atom. The van der Waals surface area contributed by atoms with Crippen molar-refractivity contribution in [1.29, 1.82) is 0 Å². The van der Waals surface area contributed by atoms with E-state index in [1.807, 2.05) is 0 Å². The van der Waals surface area contributed by atoms with E-state index >= 15 is 0 Å². The summed E-state index contributed by atoms with van der Waals surface area (Å²) in [6.45, 7) is 2.18. The highest BCUT2D eigenvalue weighted by atomic mass is 32.2. The summed E-state index contributed by atoms with van der Waals surface area (Å²) in [6, 6.07) is 0. The molecule has 0 aromatic carbocycles. The van der Waals surface area contributed by atoms with Crippen LogP contribution in [0.5, 0.6) is 0 Å². The second-order valence-electron chi connectivity index (χ2n) is 1.83. The molecule has 0 radical (unpaired) electrons. The Kier molecular flexibility index (Phi) is 3.67. The maximum absolute atomic E-state index is 3.81. The topological polar surface area (TPSA) is 38.7 Å². The molecule has 3 nitrogen and oxygen atoms in total. The van der Waals surface area contributed by atoms with Gasteiger partial charge in [-0.15, -0.1) is 5.10 Å². The summed E-state index contributed by atoms with van der Waals surface area (Å²) in [6.07, 6.45) is 2.48. The summed E-state index contributed by atoms with van der Waals surface area (Å²) in [5, 5.41) is 7.31. The van der Waals surface area contributed by atoms with Gasteiger partial charge < -0.3 is 0 Å². The Morgan fingerprint density at radius 2 is 2.50 bits per heavy atom. The van der Waals surface area contributed by atoms with Gasteiger partial charge in [-0.05, 0) is 11.6 Å². The normalized spacial score (nSPS) is 10.1. The van der Waals surface area contributed by atoms with Crippen LogP contribution in [-0.2, 0) is 0 Å². The highest BCUT2D eigenvalue weighted by molar-refractivity contribution is 8.00. The molecule has 0 fully saturated rings. The van der Waals surface area contributed by atoms with E-state index in [2.05, 4.69) is 21.7 Å². The standard InChI is InChI=1S/C5H9N3S2/c1-2-3-4-9-5-6-7-8-10-5/h2-4H2,1H3. The maximum Gasteiger partial charge on any atom is 0.194 e. The number of unbranched alkanes of at least 4 members (excludes halogenated alkanes) is 1. The quantitative estimate of drug-likeness (QED) is 0.517. The first-order chi connectivity index (χ1) is 4.93. The van der Waals surface area contributed by atoms with Crippen LogP contribution < -0.4 is 0 Å². The van der Waals surface area contributed by atoms with Crippen LogP contribution in [-0.4, -0.2) is 20.6 Å². The number of rotatable bonds is 4. The molecule has 0 unspecified atom stereocenters. The first kappa shape index (κ1) is 7.94. The van der Waals surface area contributed by atoms with Gasteiger partial charge >= 0.3 is 0 Å². The average molecular weight is 175 g/mol. The van der Waals surface area contributed by atoms with Crippen molar-refractivity contribution in [2.75, 3.05) is 5.75 Å². The zero-order valence-corrected chi connectivity index (χ0v) is 7.41. The average Bonchev–Trinajstić information content (AvgIpc) is 2.41. The van der Waals surface area contributed by atoms with Crippen LogP contribution in [0.3, 0.4) is 0 Å². The molecule has 1 aromatic heterocycles. The Hall–Kier alpha value is -0.160. The van der Waals surface area contributed by atoms with Crippen molar-refractivity contribution in [2.45, 2.75) is 24.1 Å². The molecule has 0 atom stereocenters. The molecule has 1 heterocycles. The van der Waals surface area contributed by atoms with Crippen LogP contribution >= 0.6 is 23.3 Å². The second kappa shape index (κ2) is 4.62. The molecular formula is C5H9N3S2. The van der Waals surface area contributed by atoms with Gasteiger partial charge in [0.05, 0.1) is 0 Å². The summed E-state index contributed by atoms with van der Waals surface area (Å²) in [5.74, 6) is 1.13. The van der Waals surface area contributed by atoms with Crippen molar-refractivity contribution in [3.63, 3.8) is 0 Å². The molecule has 0 aliphatic heterocycles. The molecule has 56 valence electrons. The third kappa shape index (κ3) is 2.62. The van der Waals surface area contributed by atoms with Crippen molar-refractivity contribution >= 4 is 23.3 Å². The van der Waals surface area contributed by atoms with E-state index in [1.54, 1.807) is 11.8 Å². The molecule has 0 amide bonds. The Bertz CT molecular complexity index is 163. The lowest BCUT2D eigenvalue weighted by Crippen LogP contribution is -1.77. The van der Waals surface area contributed by atoms with Crippen molar-refractivity contribution in [3.05, 3.63) is 0 Å². The van der Waals surface area contributed by atoms with Gasteiger partial charge in [-0.2, -0.15) is 0 Å². The lowest BCUT2D eigenvalue weighted by molar-refractivity contribution is 0.888. The first-order valence-corrected chi connectivity index (χ1v) is 4.97. The van der Waals surface area contributed by atoms with E-state index < -0.39 is 0 Å². The minimum Gasteiger partial charge on any atom is -0.110 e. The van der Waals surface area contributed by atoms with Crippen LogP contribution in [0.1, 0.15) is 19.8 Å². The first-order valence-electron chi connectivity index (χ1n) is 3.21. The van der Waals surface area contributed by atoms with Crippen molar-refractivity contribution in [1.82, 2.24) is 14.8 Å². The molecule has 0 N–H and O–H groups in total. The molecular weight excluding hydrogens is 166 g/mol. The fraction of sp³-hybridized carbons (Fsp3) is 0.800. The Balaban J connectivity index is 2.15. The van der Waals surface area contributed by atoms with E-state index in [0.717, 1.165) is 10.1 Å². The molecule has 0 bridgehead atoms. The van der Waals surface area contributed by atoms with Gasteiger partial charge in [0.1, 0.15) is 0 Å². The monoisotopic (exact) mass is 175 g/mol. The molecule has 1 aromatic rings. The largest absolute Gasteiger partial charge is 0.194 e. The van der Waals surface area contributed by atoms with Gasteiger partial charge in [0.25, 0.3) is 0 Å². The van der Waals surface area contributed by atoms with Crippen molar-refractivity contribution in [3.8, 4) is 0 Å². The molecule has 0 saturated heterocycles. The van der Waals surface area contributed by atoms with Crippen molar-refractivity contribution in [2.24, 2.45) is 0 Å². The SMILES string of the molecule is CCCCSc1nnns1. The van der Waals surface area contributed by atoms with Gasteiger partial charge in [-0.25, -0.2) is 0 Å². The minimum atomic E-state index is 0.980. The van der Waals surface area contributed by atoms with E-state index in [9.17, 15) is 0 Å². The smallest absolute Gasteiger partial charge is 0.110 e. The predicted molar refractivity (Wildman–Crippen MR) is 43.3 cm³/mol. The highest BCUT2D eigenvalue weighted by Gasteiger charge is 1.96. The number of aromatic nitrogens is 3. The predicted octanol–water partition coefficient (Wildman–Crippen LogP) is 1.83. The summed E-state index contributed by atoms with van der Waals surface area (Å²) >= 11 is 3.10. The molecule has 0 aliphatic carbocycles. The van der Waals surface area contributed by atoms with Gasteiger partial charge in [0.2, 0.25) is 0 Å². The van der Waals surface area contributed by atoms with E-state index in [-0.39, 0.29) is 0 Å². The van der Waals surface area contributed by atoms with Gasteiger partial charge in [0.15, 0.2) is 4.34 Å². The van der Waals surface area contributed by atoms with Crippen LogP contribution in [0, 0.1) is 0 Å². The van der Waals surface area contributed by atoms with Crippen LogP contribution in [0.2, 0.25) is 0 Å². The van der Waals surface area contributed by atoms with Crippen molar-refractivity contribution < 1.29 is 0 Å². The minimum absolute atomic E-state index is 0.980. The highest BCUT2D eigenvalue weighted by Crippen LogP contribution is 2.18. The molecule has 5 heteroatoms. The van der Waals surface area contributed by atoms with Gasteiger partial charge in [0, 0.05) is 17.3 Å². The summed E-state index contributed by atoms with van der Waals surface area (Å²) < 4.78 is 4.64.